The van der Waals surface area contributed by atoms with Crippen LogP contribution in [0.25, 0.3) is 21.5 Å². The van der Waals surface area contributed by atoms with Crippen LogP contribution in [0.3, 0.4) is 0 Å². The van der Waals surface area contributed by atoms with Crippen LogP contribution < -0.4 is 10.1 Å². The molecule has 0 bridgehead atoms. The smallest absolute Gasteiger partial charge is 0.135 e. The Balaban J connectivity index is 1.80. The number of aliphatic hydroxyl groups excluding tert-OH is 3. The van der Waals surface area contributed by atoms with E-state index in [4.69, 9.17) is 14.9 Å². The second-order valence-corrected chi connectivity index (χ2v) is 6.08. The van der Waals surface area contributed by atoms with Crippen molar-refractivity contribution in [2.75, 3.05) is 26.4 Å². The maximum absolute atomic E-state index is 10.1. The van der Waals surface area contributed by atoms with Gasteiger partial charge in [-0.15, -0.1) is 0 Å². The molecule has 0 aromatic heterocycles. The van der Waals surface area contributed by atoms with Gasteiger partial charge in [0.15, 0.2) is 0 Å². The third-order valence-electron chi connectivity index (χ3n) is 4.22. The average molecular weight is 341 g/mol. The molecule has 0 radical (unpaired) electrons. The Morgan fingerprint density at radius 1 is 0.880 bits per heavy atom. The molecule has 0 saturated heterocycles. The maximum Gasteiger partial charge on any atom is 0.135 e. The predicted molar refractivity (Wildman–Crippen MR) is 98.9 cm³/mol. The molecule has 4 N–H and O–H groups in total. The van der Waals surface area contributed by atoms with Gasteiger partial charge in [0.25, 0.3) is 0 Å². The normalized spacial score (nSPS) is 12.8. The minimum Gasteiger partial charge on any atom is -0.490 e. The van der Waals surface area contributed by atoms with Gasteiger partial charge in [0.05, 0.1) is 19.3 Å². The lowest BCUT2D eigenvalue weighted by Gasteiger charge is -2.19. The van der Waals surface area contributed by atoms with Crippen molar-refractivity contribution in [1.82, 2.24) is 5.32 Å². The largest absolute Gasteiger partial charge is 0.490 e. The van der Waals surface area contributed by atoms with Crippen molar-refractivity contribution in [2.24, 2.45) is 0 Å². The van der Waals surface area contributed by atoms with Crippen LogP contribution in [0.5, 0.6) is 5.75 Å². The van der Waals surface area contributed by atoms with Crippen LogP contribution in [0, 0.1) is 0 Å². The molecule has 0 fully saturated rings. The topological polar surface area (TPSA) is 82.0 Å². The molecule has 0 aliphatic heterocycles. The van der Waals surface area contributed by atoms with Crippen molar-refractivity contribution < 1.29 is 20.1 Å². The van der Waals surface area contributed by atoms with E-state index >= 15 is 0 Å². The molecule has 0 amide bonds. The molecule has 5 nitrogen and oxygen atoms in total. The van der Waals surface area contributed by atoms with Crippen molar-refractivity contribution >= 4 is 21.5 Å². The van der Waals surface area contributed by atoms with Gasteiger partial charge in [-0.05, 0) is 16.8 Å². The monoisotopic (exact) mass is 341 g/mol. The van der Waals surface area contributed by atoms with E-state index in [0.29, 0.717) is 0 Å². The van der Waals surface area contributed by atoms with Crippen molar-refractivity contribution in [3.05, 3.63) is 54.6 Å². The third kappa shape index (κ3) is 4.08. The average Bonchev–Trinajstić information content (AvgIpc) is 2.66. The minimum absolute atomic E-state index is 0.120. The number of hydrogen-bond acceptors (Lipinski definition) is 5. The highest BCUT2D eigenvalue weighted by atomic mass is 16.5. The van der Waals surface area contributed by atoms with Gasteiger partial charge in [-0.1, -0.05) is 48.5 Å². The number of ether oxygens (including phenoxy) is 1. The van der Waals surface area contributed by atoms with Crippen LogP contribution in [-0.2, 0) is 0 Å². The summed E-state index contributed by atoms with van der Waals surface area (Å²) in [5.41, 5.74) is 0. The van der Waals surface area contributed by atoms with Gasteiger partial charge in [0.1, 0.15) is 18.5 Å². The first-order chi connectivity index (χ1) is 12.2. The van der Waals surface area contributed by atoms with Crippen LogP contribution >= 0.6 is 0 Å². The second kappa shape index (κ2) is 8.27. The third-order valence-corrected chi connectivity index (χ3v) is 4.22. The molecule has 0 unspecified atom stereocenters. The molecule has 0 spiro atoms. The number of hydrogen-bond donors (Lipinski definition) is 4. The lowest BCUT2D eigenvalue weighted by Crippen LogP contribution is -2.41. The zero-order chi connectivity index (χ0) is 17.6. The van der Waals surface area contributed by atoms with Gasteiger partial charge in [-0.3, -0.25) is 0 Å². The highest BCUT2D eigenvalue weighted by Gasteiger charge is 2.13. The molecule has 3 aromatic carbocycles. The summed E-state index contributed by atoms with van der Waals surface area (Å²) in [7, 11) is 0. The fourth-order valence-electron chi connectivity index (χ4n) is 2.86. The standard InChI is InChI=1S/C20H23NO4/c22-11-16(12-23)21-10-17(24)13-25-20-18-7-3-1-5-14(18)9-15-6-2-4-8-19(15)20/h1-9,16-17,21-24H,10-13H2/t17-/m0/s1. The van der Waals surface area contributed by atoms with Crippen molar-refractivity contribution in [1.29, 1.82) is 0 Å². The van der Waals surface area contributed by atoms with E-state index in [2.05, 4.69) is 11.4 Å². The Kier molecular flexibility index (Phi) is 5.83. The van der Waals surface area contributed by atoms with E-state index in [1.807, 2.05) is 48.5 Å². The molecule has 0 heterocycles. The van der Waals surface area contributed by atoms with Gasteiger partial charge in [-0.25, -0.2) is 0 Å². The lowest BCUT2D eigenvalue weighted by molar-refractivity contribution is 0.0941. The van der Waals surface area contributed by atoms with Gasteiger partial charge in [-0.2, -0.15) is 0 Å². The predicted octanol–water partition coefficient (Wildman–Crippen LogP) is 1.68. The van der Waals surface area contributed by atoms with E-state index < -0.39 is 12.1 Å². The number of fused-ring (bicyclic) bond motifs is 2. The maximum atomic E-state index is 10.1. The lowest BCUT2D eigenvalue weighted by atomic mass is 10.0. The highest BCUT2D eigenvalue weighted by molar-refractivity contribution is 6.05. The van der Waals surface area contributed by atoms with E-state index in [-0.39, 0.29) is 26.4 Å². The highest BCUT2D eigenvalue weighted by Crippen LogP contribution is 2.34. The summed E-state index contributed by atoms with van der Waals surface area (Å²) < 4.78 is 5.98. The molecule has 0 aliphatic carbocycles. The molecule has 3 rings (SSSR count). The van der Waals surface area contributed by atoms with Crippen LogP contribution in [0.15, 0.2) is 54.6 Å². The molecule has 0 saturated carbocycles. The zero-order valence-electron chi connectivity index (χ0n) is 13.9. The Morgan fingerprint density at radius 2 is 1.44 bits per heavy atom. The van der Waals surface area contributed by atoms with Crippen LogP contribution in [-0.4, -0.2) is 53.8 Å². The van der Waals surface area contributed by atoms with E-state index in [1.54, 1.807) is 0 Å². The van der Waals surface area contributed by atoms with Crippen LogP contribution in [0.2, 0.25) is 0 Å². The first-order valence-electron chi connectivity index (χ1n) is 8.39. The molecule has 132 valence electrons. The Labute approximate surface area is 146 Å². The summed E-state index contributed by atoms with van der Waals surface area (Å²) in [6.07, 6.45) is -0.752. The quantitative estimate of drug-likeness (QED) is 0.469. The Hall–Kier alpha value is -2.18. The summed E-state index contributed by atoms with van der Waals surface area (Å²) in [5.74, 6) is 0.758. The van der Waals surface area contributed by atoms with Crippen molar-refractivity contribution in [3.8, 4) is 5.75 Å². The van der Waals surface area contributed by atoms with E-state index in [1.165, 1.54) is 0 Å². The van der Waals surface area contributed by atoms with Gasteiger partial charge in [0, 0.05) is 17.3 Å². The summed E-state index contributed by atoms with van der Waals surface area (Å²) in [5, 5.41) is 35.3. The van der Waals surface area contributed by atoms with Crippen LogP contribution in [0.4, 0.5) is 0 Å². The number of benzene rings is 3. The number of aliphatic hydroxyl groups is 3. The zero-order valence-corrected chi connectivity index (χ0v) is 13.9. The minimum atomic E-state index is -0.752. The summed E-state index contributed by atoms with van der Waals surface area (Å²) in [6.45, 7) is -0.0147. The van der Waals surface area contributed by atoms with Crippen molar-refractivity contribution in [2.45, 2.75) is 12.1 Å². The summed E-state index contributed by atoms with van der Waals surface area (Å²) in [6, 6.07) is 17.7. The SMILES string of the molecule is OCC(CO)NC[C@H](O)COc1c2ccccc2cc2ccccc12. The summed E-state index contributed by atoms with van der Waals surface area (Å²) in [4.78, 5) is 0. The first-order valence-corrected chi connectivity index (χ1v) is 8.39. The summed E-state index contributed by atoms with van der Waals surface area (Å²) >= 11 is 0. The first kappa shape index (κ1) is 17.6. The molecular weight excluding hydrogens is 318 g/mol. The number of nitrogens with one attached hydrogen (secondary N) is 1. The molecule has 1 atom stereocenters. The number of rotatable bonds is 8. The Morgan fingerprint density at radius 3 is 2.00 bits per heavy atom. The molecular formula is C20H23NO4. The van der Waals surface area contributed by atoms with Gasteiger partial charge in [0.2, 0.25) is 0 Å². The van der Waals surface area contributed by atoms with Crippen LogP contribution in [0.1, 0.15) is 0 Å². The molecule has 25 heavy (non-hydrogen) atoms. The fraction of sp³-hybridized carbons (Fsp3) is 0.300. The molecule has 5 heteroatoms. The Bertz CT molecular complexity index is 778. The van der Waals surface area contributed by atoms with Gasteiger partial charge < -0.3 is 25.4 Å². The van der Waals surface area contributed by atoms with Gasteiger partial charge >= 0.3 is 0 Å². The van der Waals surface area contributed by atoms with E-state index in [9.17, 15) is 5.11 Å². The molecule has 0 aliphatic rings. The van der Waals surface area contributed by atoms with E-state index in [0.717, 1.165) is 27.3 Å². The molecule has 3 aromatic rings. The second-order valence-electron chi connectivity index (χ2n) is 6.08. The van der Waals surface area contributed by atoms with Crippen molar-refractivity contribution in [3.63, 3.8) is 0 Å². The fourth-order valence-corrected chi connectivity index (χ4v) is 2.86.